The first kappa shape index (κ1) is 19.4. The molecule has 1 aliphatic rings. The van der Waals surface area contributed by atoms with Crippen LogP contribution in [0.2, 0.25) is 0 Å². The van der Waals surface area contributed by atoms with Gasteiger partial charge in [-0.1, -0.05) is 12.1 Å². The summed E-state index contributed by atoms with van der Waals surface area (Å²) in [7, 11) is 4.57. The van der Waals surface area contributed by atoms with E-state index in [0.29, 0.717) is 28.5 Å². The van der Waals surface area contributed by atoms with Gasteiger partial charge in [0.15, 0.2) is 5.11 Å². The van der Waals surface area contributed by atoms with Crippen molar-refractivity contribution in [2.45, 2.75) is 0 Å². The molecule has 1 heterocycles. The monoisotopic (exact) mass is 398 g/mol. The van der Waals surface area contributed by atoms with Crippen molar-refractivity contribution in [1.82, 2.24) is 5.32 Å². The number of nitrogens with one attached hydrogen (secondary N) is 1. The Morgan fingerprint density at radius 3 is 2.18 bits per heavy atom. The van der Waals surface area contributed by atoms with E-state index in [0.717, 1.165) is 0 Å². The highest BCUT2D eigenvalue weighted by Gasteiger charge is 2.35. The van der Waals surface area contributed by atoms with Gasteiger partial charge in [0.2, 0.25) is 0 Å². The highest BCUT2D eigenvalue weighted by molar-refractivity contribution is 7.80. The van der Waals surface area contributed by atoms with E-state index in [4.69, 9.17) is 26.4 Å². The van der Waals surface area contributed by atoms with Gasteiger partial charge in [-0.3, -0.25) is 14.9 Å². The maximum absolute atomic E-state index is 13.1. The summed E-state index contributed by atoms with van der Waals surface area (Å²) in [6.45, 7) is 0. The summed E-state index contributed by atoms with van der Waals surface area (Å²) in [5, 5.41) is 2.53. The van der Waals surface area contributed by atoms with Gasteiger partial charge in [-0.2, -0.15) is 0 Å². The predicted molar refractivity (Wildman–Crippen MR) is 109 cm³/mol. The molecule has 0 aromatic heterocycles. The fourth-order valence-electron chi connectivity index (χ4n) is 2.71. The number of hydrogen-bond donors (Lipinski definition) is 1. The molecule has 0 spiro atoms. The zero-order valence-corrected chi connectivity index (χ0v) is 16.3. The maximum Gasteiger partial charge on any atom is 0.270 e. The molecule has 2 amide bonds. The summed E-state index contributed by atoms with van der Waals surface area (Å²) in [5.74, 6) is 0.513. The van der Waals surface area contributed by atoms with Crippen LogP contribution in [-0.4, -0.2) is 38.3 Å². The number of benzene rings is 2. The van der Waals surface area contributed by atoms with E-state index in [2.05, 4.69) is 5.32 Å². The standard InChI is InChI=1S/C20H18N2O5S/c1-25-13-6-4-12(5-7-13)10-15-18(23)21-20(28)22(19(15)24)16-9-8-14(26-2)11-17(16)27-3/h4-11H,1-3H3,(H,21,23,28)/b15-10+. The van der Waals surface area contributed by atoms with Crippen molar-refractivity contribution in [2.24, 2.45) is 0 Å². The molecule has 2 aromatic carbocycles. The third kappa shape index (κ3) is 3.67. The number of anilines is 1. The molecule has 8 heteroatoms. The zero-order chi connectivity index (χ0) is 20.3. The number of methoxy groups -OCH3 is 3. The van der Waals surface area contributed by atoms with E-state index in [9.17, 15) is 9.59 Å². The lowest BCUT2D eigenvalue weighted by molar-refractivity contribution is -0.122. The second-order valence-electron chi connectivity index (χ2n) is 5.77. The molecule has 0 saturated carbocycles. The minimum absolute atomic E-state index is 0.0228. The number of nitrogens with zero attached hydrogens (tertiary/aromatic N) is 1. The van der Waals surface area contributed by atoms with E-state index in [-0.39, 0.29) is 10.7 Å². The third-order valence-corrected chi connectivity index (χ3v) is 4.44. The number of rotatable bonds is 5. The molecule has 3 rings (SSSR count). The molecule has 1 N–H and O–H groups in total. The molecule has 7 nitrogen and oxygen atoms in total. The molecule has 0 unspecified atom stereocenters. The molecule has 1 aliphatic heterocycles. The first-order valence-electron chi connectivity index (χ1n) is 8.26. The summed E-state index contributed by atoms with van der Waals surface area (Å²) < 4.78 is 15.7. The van der Waals surface area contributed by atoms with Gasteiger partial charge in [0.25, 0.3) is 11.8 Å². The average Bonchev–Trinajstić information content (AvgIpc) is 2.71. The SMILES string of the molecule is COc1ccc(/C=C2\C(=O)NC(=S)N(c3ccc(OC)cc3OC)C2=O)cc1. The fraction of sp³-hybridized carbons (Fsp3) is 0.150. The molecule has 0 radical (unpaired) electrons. The molecule has 0 aliphatic carbocycles. The van der Waals surface area contributed by atoms with Crippen LogP contribution in [0.5, 0.6) is 17.2 Å². The Bertz CT molecular complexity index is 969. The molecule has 1 fully saturated rings. The fourth-order valence-corrected chi connectivity index (χ4v) is 2.99. The Balaban J connectivity index is 2.01. The number of thiocarbonyl (C=S) groups is 1. The van der Waals surface area contributed by atoms with Gasteiger partial charge in [0, 0.05) is 6.07 Å². The first-order valence-corrected chi connectivity index (χ1v) is 8.67. The number of carbonyl (C=O) groups is 2. The van der Waals surface area contributed by atoms with Gasteiger partial charge < -0.3 is 14.2 Å². The van der Waals surface area contributed by atoms with Crippen LogP contribution >= 0.6 is 12.2 Å². The van der Waals surface area contributed by atoms with Crippen LogP contribution in [0, 0.1) is 0 Å². The normalized spacial score (nSPS) is 15.5. The average molecular weight is 398 g/mol. The van der Waals surface area contributed by atoms with E-state index in [1.165, 1.54) is 25.2 Å². The van der Waals surface area contributed by atoms with Crippen LogP contribution < -0.4 is 24.4 Å². The quantitative estimate of drug-likeness (QED) is 0.474. The summed E-state index contributed by atoms with van der Waals surface area (Å²) in [5.41, 5.74) is 1.03. The topological polar surface area (TPSA) is 77.1 Å². The summed E-state index contributed by atoms with van der Waals surface area (Å²) >= 11 is 5.23. The Morgan fingerprint density at radius 2 is 1.57 bits per heavy atom. The highest BCUT2D eigenvalue weighted by Crippen LogP contribution is 2.34. The third-order valence-electron chi connectivity index (χ3n) is 4.16. The molecule has 28 heavy (non-hydrogen) atoms. The van der Waals surface area contributed by atoms with Crippen molar-refractivity contribution in [2.75, 3.05) is 26.2 Å². The Labute approximate surface area is 167 Å². The summed E-state index contributed by atoms with van der Waals surface area (Å²) in [6.07, 6.45) is 1.50. The lowest BCUT2D eigenvalue weighted by Crippen LogP contribution is -2.54. The smallest absolute Gasteiger partial charge is 0.270 e. The highest BCUT2D eigenvalue weighted by atomic mass is 32.1. The molecular formula is C20H18N2O5S. The lowest BCUT2D eigenvalue weighted by Gasteiger charge is -2.30. The van der Waals surface area contributed by atoms with E-state index in [1.807, 2.05) is 0 Å². The van der Waals surface area contributed by atoms with Gasteiger partial charge in [-0.25, -0.2) is 4.90 Å². The Hall–Kier alpha value is -3.39. The predicted octanol–water partition coefficient (Wildman–Crippen LogP) is 2.54. The molecule has 0 atom stereocenters. The van der Waals surface area contributed by atoms with E-state index >= 15 is 0 Å². The van der Waals surface area contributed by atoms with Gasteiger partial charge in [-0.15, -0.1) is 0 Å². The van der Waals surface area contributed by atoms with Crippen molar-refractivity contribution in [3.63, 3.8) is 0 Å². The van der Waals surface area contributed by atoms with Crippen molar-refractivity contribution in [3.8, 4) is 17.2 Å². The number of amides is 2. The molecular weight excluding hydrogens is 380 g/mol. The van der Waals surface area contributed by atoms with Crippen LogP contribution in [0.3, 0.4) is 0 Å². The largest absolute Gasteiger partial charge is 0.497 e. The maximum atomic E-state index is 13.1. The molecule has 1 saturated heterocycles. The number of ether oxygens (including phenoxy) is 3. The van der Waals surface area contributed by atoms with E-state index in [1.54, 1.807) is 49.6 Å². The molecule has 0 bridgehead atoms. The van der Waals surface area contributed by atoms with Gasteiger partial charge in [-0.05, 0) is 48.1 Å². The van der Waals surface area contributed by atoms with Gasteiger partial charge in [0.05, 0.1) is 27.0 Å². The minimum atomic E-state index is -0.561. The first-order chi connectivity index (χ1) is 13.5. The minimum Gasteiger partial charge on any atom is -0.497 e. The summed E-state index contributed by atoms with van der Waals surface area (Å²) in [4.78, 5) is 26.7. The Kier molecular flexibility index (Phi) is 5.60. The van der Waals surface area contributed by atoms with Crippen molar-refractivity contribution < 1.29 is 23.8 Å². The van der Waals surface area contributed by atoms with Gasteiger partial charge in [0.1, 0.15) is 22.8 Å². The summed E-state index contributed by atoms with van der Waals surface area (Å²) in [6, 6.07) is 11.9. The van der Waals surface area contributed by atoms with Crippen LogP contribution in [-0.2, 0) is 9.59 Å². The second-order valence-corrected chi connectivity index (χ2v) is 6.16. The van der Waals surface area contributed by atoms with Crippen molar-refractivity contribution >= 4 is 40.9 Å². The van der Waals surface area contributed by atoms with Crippen LogP contribution in [0.15, 0.2) is 48.0 Å². The number of carbonyl (C=O) groups excluding carboxylic acids is 2. The van der Waals surface area contributed by atoms with Crippen LogP contribution in [0.4, 0.5) is 5.69 Å². The van der Waals surface area contributed by atoms with E-state index < -0.39 is 11.8 Å². The second kappa shape index (κ2) is 8.10. The lowest BCUT2D eigenvalue weighted by atomic mass is 10.1. The number of hydrogen-bond acceptors (Lipinski definition) is 6. The van der Waals surface area contributed by atoms with Crippen LogP contribution in [0.25, 0.3) is 6.08 Å². The molecule has 2 aromatic rings. The van der Waals surface area contributed by atoms with Crippen molar-refractivity contribution in [1.29, 1.82) is 0 Å². The van der Waals surface area contributed by atoms with Crippen LogP contribution in [0.1, 0.15) is 5.56 Å². The van der Waals surface area contributed by atoms with Crippen molar-refractivity contribution in [3.05, 3.63) is 53.6 Å². The molecule has 144 valence electrons. The zero-order valence-electron chi connectivity index (χ0n) is 15.5. The van der Waals surface area contributed by atoms with Gasteiger partial charge >= 0.3 is 0 Å². The Morgan fingerprint density at radius 1 is 0.929 bits per heavy atom.